The number of imide groups is 1. The van der Waals surface area contributed by atoms with Crippen molar-refractivity contribution in [2.45, 2.75) is 63.3 Å². The third-order valence-corrected chi connectivity index (χ3v) is 6.43. The Morgan fingerprint density at radius 1 is 1.26 bits per heavy atom. The summed E-state index contributed by atoms with van der Waals surface area (Å²) in [6, 6.07) is 10.2. The summed E-state index contributed by atoms with van der Waals surface area (Å²) in [5.74, 6) is -0.915. The van der Waals surface area contributed by atoms with Crippen molar-refractivity contribution in [2.75, 3.05) is 5.88 Å². The number of carbonyl (C=O) groups is 2. The van der Waals surface area contributed by atoms with Crippen molar-refractivity contribution in [1.82, 2.24) is 5.32 Å². The zero-order chi connectivity index (χ0) is 19.7. The fraction of sp³-hybridized carbons (Fsp3) is 0.619. The Morgan fingerprint density at radius 3 is 2.63 bits per heavy atom. The van der Waals surface area contributed by atoms with Crippen molar-refractivity contribution in [1.29, 1.82) is 0 Å². The first kappa shape index (κ1) is 20.3. The quantitative estimate of drug-likeness (QED) is 0.575. The Kier molecular flexibility index (Phi) is 5.94. The van der Waals surface area contributed by atoms with E-state index in [2.05, 4.69) is 24.4 Å². The number of alkyl halides is 1. The molecule has 2 fully saturated rings. The largest absolute Gasteiger partial charge is 0.390 e. The number of epoxide rings is 1. The topological polar surface area (TPSA) is 78.9 Å². The monoisotopic (exact) mass is 393 g/mol. The first-order valence-corrected chi connectivity index (χ1v) is 10.1. The lowest BCUT2D eigenvalue weighted by Crippen LogP contribution is -2.48. The van der Waals surface area contributed by atoms with Crippen LogP contribution in [0.15, 0.2) is 30.3 Å². The molecule has 2 amide bonds. The highest BCUT2D eigenvalue weighted by Crippen LogP contribution is 2.54. The van der Waals surface area contributed by atoms with Crippen LogP contribution in [0.3, 0.4) is 0 Å². The molecule has 2 N–H and O–H groups in total. The number of carbonyl (C=O) groups excluding carboxylic acids is 2. The SMILES string of the molecule is CC1(O)CCC(CC(=O)NC(=O)CCl)CC1C1(C)OC1Cc1ccccc1. The number of hydrogen-bond donors (Lipinski definition) is 2. The van der Waals surface area contributed by atoms with E-state index in [1.54, 1.807) is 0 Å². The highest BCUT2D eigenvalue weighted by molar-refractivity contribution is 6.28. The molecule has 1 saturated carbocycles. The molecule has 1 aromatic carbocycles. The zero-order valence-corrected chi connectivity index (χ0v) is 16.7. The van der Waals surface area contributed by atoms with Crippen molar-refractivity contribution in [3.8, 4) is 0 Å². The molecule has 5 atom stereocenters. The van der Waals surface area contributed by atoms with Gasteiger partial charge in [-0.2, -0.15) is 0 Å². The van der Waals surface area contributed by atoms with Gasteiger partial charge in [-0.25, -0.2) is 0 Å². The molecule has 0 radical (unpaired) electrons. The van der Waals surface area contributed by atoms with Crippen LogP contribution >= 0.6 is 11.6 Å². The molecule has 27 heavy (non-hydrogen) atoms. The summed E-state index contributed by atoms with van der Waals surface area (Å²) in [6.45, 7) is 3.94. The number of benzene rings is 1. The number of amides is 2. The molecule has 0 bridgehead atoms. The van der Waals surface area contributed by atoms with E-state index in [0.29, 0.717) is 12.8 Å². The van der Waals surface area contributed by atoms with Crippen LogP contribution in [0, 0.1) is 11.8 Å². The maximum atomic E-state index is 12.0. The summed E-state index contributed by atoms with van der Waals surface area (Å²) in [4.78, 5) is 23.3. The van der Waals surface area contributed by atoms with E-state index < -0.39 is 11.5 Å². The molecular formula is C21H28ClNO4. The lowest BCUT2D eigenvalue weighted by molar-refractivity contribution is -0.131. The zero-order valence-electron chi connectivity index (χ0n) is 15.9. The van der Waals surface area contributed by atoms with Gasteiger partial charge in [-0.1, -0.05) is 30.3 Å². The normalized spacial score (nSPS) is 35.5. The molecule has 5 unspecified atom stereocenters. The van der Waals surface area contributed by atoms with Gasteiger partial charge in [0.2, 0.25) is 11.8 Å². The van der Waals surface area contributed by atoms with Crippen LogP contribution in [0.25, 0.3) is 0 Å². The van der Waals surface area contributed by atoms with Crippen molar-refractivity contribution in [3.63, 3.8) is 0 Å². The number of ether oxygens (including phenoxy) is 1. The van der Waals surface area contributed by atoms with Crippen LogP contribution in [0.5, 0.6) is 0 Å². The minimum Gasteiger partial charge on any atom is -0.390 e. The maximum absolute atomic E-state index is 12.0. The Balaban J connectivity index is 1.62. The molecular weight excluding hydrogens is 366 g/mol. The Labute approximate surface area is 165 Å². The number of nitrogens with one attached hydrogen (secondary N) is 1. The fourth-order valence-corrected chi connectivity index (χ4v) is 4.63. The molecule has 5 nitrogen and oxygen atoms in total. The van der Waals surface area contributed by atoms with Crippen molar-refractivity contribution in [3.05, 3.63) is 35.9 Å². The van der Waals surface area contributed by atoms with Crippen LogP contribution in [0.4, 0.5) is 0 Å². The van der Waals surface area contributed by atoms with Gasteiger partial charge in [0.15, 0.2) is 0 Å². The number of aliphatic hydroxyl groups is 1. The average molecular weight is 394 g/mol. The molecule has 2 aliphatic rings. The molecule has 6 heteroatoms. The van der Waals surface area contributed by atoms with Gasteiger partial charge in [-0.05, 0) is 44.6 Å². The smallest absolute Gasteiger partial charge is 0.241 e. The van der Waals surface area contributed by atoms with E-state index in [4.69, 9.17) is 16.3 Å². The Bertz CT molecular complexity index is 693. The maximum Gasteiger partial charge on any atom is 0.241 e. The predicted octanol–water partition coefficient (Wildman–Crippen LogP) is 2.83. The van der Waals surface area contributed by atoms with E-state index >= 15 is 0 Å². The van der Waals surface area contributed by atoms with Crippen LogP contribution in [-0.4, -0.2) is 40.1 Å². The van der Waals surface area contributed by atoms with Gasteiger partial charge in [0, 0.05) is 18.8 Å². The second kappa shape index (κ2) is 7.90. The summed E-state index contributed by atoms with van der Waals surface area (Å²) >= 11 is 5.44. The van der Waals surface area contributed by atoms with E-state index in [-0.39, 0.29) is 41.7 Å². The summed E-state index contributed by atoms with van der Waals surface area (Å²) in [6.07, 6.45) is 3.24. The molecule has 1 aliphatic heterocycles. The minimum absolute atomic E-state index is 0.0472. The molecule has 1 saturated heterocycles. The number of halogens is 1. The van der Waals surface area contributed by atoms with Gasteiger partial charge >= 0.3 is 0 Å². The summed E-state index contributed by atoms with van der Waals surface area (Å²) in [7, 11) is 0. The van der Waals surface area contributed by atoms with Crippen molar-refractivity contribution >= 4 is 23.4 Å². The molecule has 0 spiro atoms. The van der Waals surface area contributed by atoms with Crippen LogP contribution in [0.2, 0.25) is 0 Å². The summed E-state index contributed by atoms with van der Waals surface area (Å²) in [5.41, 5.74) is 0.0109. The highest BCUT2D eigenvalue weighted by atomic mass is 35.5. The van der Waals surface area contributed by atoms with Gasteiger partial charge in [-0.3, -0.25) is 14.9 Å². The lowest BCUT2D eigenvalue weighted by Gasteiger charge is -2.43. The summed E-state index contributed by atoms with van der Waals surface area (Å²) < 4.78 is 6.09. The van der Waals surface area contributed by atoms with E-state index in [0.717, 1.165) is 12.8 Å². The van der Waals surface area contributed by atoms with E-state index in [9.17, 15) is 14.7 Å². The second-order valence-electron chi connectivity index (χ2n) is 8.34. The average Bonchev–Trinajstić information content (AvgIpc) is 3.27. The first-order chi connectivity index (χ1) is 12.7. The van der Waals surface area contributed by atoms with E-state index in [1.807, 2.05) is 25.1 Å². The van der Waals surface area contributed by atoms with Crippen molar-refractivity contribution < 1.29 is 19.4 Å². The summed E-state index contributed by atoms with van der Waals surface area (Å²) in [5, 5.41) is 13.3. The minimum atomic E-state index is -0.820. The van der Waals surface area contributed by atoms with E-state index in [1.165, 1.54) is 5.56 Å². The molecule has 1 aliphatic carbocycles. The Hall–Kier alpha value is -1.43. The van der Waals surface area contributed by atoms with Crippen molar-refractivity contribution in [2.24, 2.45) is 11.8 Å². The Morgan fingerprint density at radius 2 is 1.96 bits per heavy atom. The lowest BCUT2D eigenvalue weighted by atomic mass is 9.65. The van der Waals surface area contributed by atoms with Crippen LogP contribution in [0.1, 0.15) is 45.1 Å². The molecule has 1 heterocycles. The highest BCUT2D eigenvalue weighted by Gasteiger charge is 2.62. The number of hydrogen-bond acceptors (Lipinski definition) is 4. The third kappa shape index (κ3) is 4.71. The fourth-order valence-electron chi connectivity index (χ4n) is 4.57. The second-order valence-corrected chi connectivity index (χ2v) is 8.61. The third-order valence-electron chi connectivity index (χ3n) is 6.19. The van der Waals surface area contributed by atoms with Gasteiger partial charge in [0.25, 0.3) is 0 Å². The number of rotatable bonds is 6. The standard InChI is InChI=1S/C21H28ClNO4/c1-20(26)9-8-15(12-18(24)23-19(25)13-22)10-16(20)21(2)17(27-21)11-14-6-4-3-5-7-14/h3-7,15-17,26H,8-13H2,1-2H3,(H,23,24,25). The van der Waals surface area contributed by atoms with Crippen LogP contribution in [-0.2, 0) is 20.7 Å². The van der Waals surface area contributed by atoms with Gasteiger partial charge in [0.1, 0.15) is 5.88 Å². The van der Waals surface area contributed by atoms with Crippen LogP contribution < -0.4 is 5.32 Å². The molecule has 0 aromatic heterocycles. The molecule has 1 aromatic rings. The van der Waals surface area contributed by atoms with Gasteiger partial charge in [0.05, 0.1) is 17.3 Å². The first-order valence-electron chi connectivity index (χ1n) is 9.57. The van der Waals surface area contributed by atoms with Gasteiger partial charge in [-0.15, -0.1) is 11.6 Å². The molecule has 3 rings (SSSR count). The predicted molar refractivity (Wildman–Crippen MR) is 103 cm³/mol. The van der Waals surface area contributed by atoms with Gasteiger partial charge < -0.3 is 9.84 Å². The molecule has 148 valence electrons.